The standard InChI is InChI=1S/C15H18N2O2/c1-10-13(12-7-5-6-11(8-12)9-16)19-14(18)17(10)15(2,3)4/h5-8,10,13H,1-4H3/t10-,13-/m0/s1. The highest BCUT2D eigenvalue weighted by Crippen LogP contribution is 2.36. The van der Waals surface area contributed by atoms with E-state index in [2.05, 4.69) is 6.07 Å². The van der Waals surface area contributed by atoms with Gasteiger partial charge in [0.05, 0.1) is 17.7 Å². The monoisotopic (exact) mass is 258 g/mol. The van der Waals surface area contributed by atoms with Crippen LogP contribution in [0.3, 0.4) is 0 Å². The molecule has 0 aromatic heterocycles. The highest BCUT2D eigenvalue weighted by molar-refractivity contribution is 5.72. The van der Waals surface area contributed by atoms with Gasteiger partial charge in [0.15, 0.2) is 0 Å². The molecule has 1 amide bonds. The lowest BCUT2D eigenvalue weighted by molar-refractivity contribution is 0.119. The summed E-state index contributed by atoms with van der Waals surface area (Å²) in [5.74, 6) is 0. The average molecular weight is 258 g/mol. The van der Waals surface area contributed by atoms with Crippen molar-refractivity contribution in [3.63, 3.8) is 0 Å². The Morgan fingerprint density at radius 2 is 2.05 bits per heavy atom. The SMILES string of the molecule is C[C@H]1[C@@H](c2cccc(C#N)c2)OC(=O)N1C(C)(C)C. The van der Waals surface area contributed by atoms with Crippen LogP contribution in [0.1, 0.15) is 44.9 Å². The Hall–Kier alpha value is -2.02. The van der Waals surface area contributed by atoms with Crippen LogP contribution < -0.4 is 0 Å². The summed E-state index contributed by atoms with van der Waals surface area (Å²) < 4.78 is 5.48. The second-order valence-corrected chi connectivity index (χ2v) is 5.82. The van der Waals surface area contributed by atoms with E-state index in [4.69, 9.17) is 10.00 Å². The maximum atomic E-state index is 12.0. The minimum Gasteiger partial charge on any atom is -0.439 e. The van der Waals surface area contributed by atoms with Crippen molar-refractivity contribution >= 4 is 6.09 Å². The number of rotatable bonds is 1. The van der Waals surface area contributed by atoms with E-state index in [9.17, 15) is 4.79 Å². The Kier molecular flexibility index (Phi) is 3.23. The minimum absolute atomic E-state index is 0.0542. The highest BCUT2D eigenvalue weighted by Gasteiger charge is 2.44. The van der Waals surface area contributed by atoms with Gasteiger partial charge in [0, 0.05) is 5.54 Å². The van der Waals surface area contributed by atoms with Crippen LogP contribution in [0.5, 0.6) is 0 Å². The van der Waals surface area contributed by atoms with E-state index >= 15 is 0 Å². The van der Waals surface area contributed by atoms with E-state index in [-0.39, 0.29) is 23.8 Å². The van der Waals surface area contributed by atoms with Gasteiger partial charge in [0.2, 0.25) is 0 Å². The van der Waals surface area contributed by atoms with Gasteiger partial charge in [-0.15, -0.1) is 0 Å². The van der Waals surface area contributed by atoms with Gasteiger partial charge in [-0.2, -0.15) is 5.26 Å². The van der Waals surface area contributed by atoms with Crippen LogP contribution in [0.15, 0.2) is 24.3 Å². The zero-order valence-corrected chi connectivity index (χ0v) is 11.7. The Morgan fingerprint density at radius 3 is 2.58 bits per heavy atom. The summed E-state index contributed by atoms with van der Waals surface area (Å²) in [4.78, 5) is 13.8. The molecule has 0 aliphatic carbocycles. The third kappa shape index (κ3) is 2.41. The fraction of sp³-hybridized carbons (Fsp3) is 0.467. The maximum Gasteiger partial charge on any atom is 0.411 e. The summed E-state index contributed by atoms with van der Waals surface area (Å²) in [6.45, 7) is 7.93. The molecule has 1 saturated heterocycles. The van der Waals surface area contributed by atoms with Gasteiger partial charge >= 0.3 is 6.09 Å². The first-order chi connectivity index (χ1) is 8.84. The molecule has 0 unspecified atom stereocenters. The van der Waals surface area contributed by atoms with Crippen LogP contribution in [0.2, 0.25) is 0 Å². The van der Waals surface area contributed by atoms with Crippen molar-refractivity contribution in [1.82, 2.24) is 4.90 Å². The van der Waals surface area contributed by atoms with Crippen LogP contribution in [-0.2, 0) is 4.74 Å². The van der Waals surface area contributed by atoms with Crippen molar-refractivity contribution in [2.75, 3.05) is 0 Å². The number of benzene rings is 1. The fourth-order valence-corrected chi connectivity index (χ4v) is 2.58. The van der Waals surface area contributed by atoms with E-state index in [0.717, 1.165) is 5.56 Å². The van der Waals surface area contributed by atoms with Gasteiger partial charge in [0.1, 0.15) is 6.10 Å². The molecule has 0 saturated carbocycles. The molecule has 1 aliphatic heterocycles. The third-order valence-corrected chi connectivity index (χ3v) is 3.34. The zero-order chi connectivity index (χ0) is 14.2. The number of hydrogen-bond donors (Lipinski definition) is 0. The molecule has 1 fully saturated rings. The third-order valence-electron chi connectivity index (χ3n) is 3.34. The maximum absolute atomic E-state index is 12.0. The van der Waals surface area contributed by atoms with Crippen LogP contribution in [0, 0.1) is 11.3 Å². The normalized spacial score (nSPS) is 23.1. The number of carbonyl (C=O) groups is 1. The van der Waals surface area contributed by atoms with Gasteiger partial charge in [-0.25, -0.2) is 4.79 Å². The number of nitrogens with zero attached hydrogens (tertiary/aromatic N) is 2. The predicted octanol–water partition coefficient (Wildman–Crippen LogP) is 3.24. The summed E-state index contributed by atoms with van der Waals surface area (Å²) in [5, 5.41) is 8.94. The Labute approximate surface area is 113 Å². The predicted molar refractivity (Wildman–Crippen MR) is 71.4 cm³/mol. The number of nitriles is 1. The Morgan fingerprint density at radius 1 is 1.37 bits per heavy atom. The summed E-state index contributed by atoms with van der Waals surface area (Å²) in [7, 11) is 0. The van der Waals surface area contributed by atoms with Gasteiger partial charge in [-0.05, 0) is 45.4 Å². The molecule has 1 aromatic carbocycles. The molecule has 0 radical (unpaired) electrons. The largest absolute Gasteiger partial charge is 0.439 e. The Balaban J connectivity index is 2.33. The van der Waals surface area contributed by atoms with Crippen molar-refractivity contribution in [3.8, 4) is 6.07 Å². The molecule has 0 N–H and O–H groups in total. The van der Waals surface area contributed by atoms with E-state index in [1.54, 1.807) is 17.0 Å². The first-order valence-corrected chi connectivity index (χ1v) is 6.34. The first-order valence-electron chi connectivity index (χ1n) is 6.34. The van der Waals surface area contributed by atoms with E-state index < -0.39 is 0 Å². The van der Waals surface area contributed by atoms with Gasteiger partial charge in [-0.1, -0.05) is 12.1 Å². The van der Waals surface area contributed by atoms with Gasteiger partial charge in [0.25, 0.3) is 0 Å². The van der Waals surface area contributed by atoms with Crippen molar-refractivity contribution in [2.45, 2.75) is 45.4 Å². The molecule has 1 aliphatic rings. The Bertz CT molecular complexity index is 540. The summed E-state index contributed by atoms with van der Waals surface area (Å²) in [5.41, 5.74) is 1.17. The first kappa shape index (κ1) is 13.4. The van der Waals surface area contributed by atoms with Gasteiger partial charge < -0.3 is 4.74 Å². The fourth-order valence-electron chi connectivity index (χ4n) is 2.58. The molecule has 100 valence electrons. The zero-order valence-electron chi connectivity index (χ0n) is 11.7. The lowest BCUT2D eigenvalue weighted by Gasteiger charge is -2.33. The molecular weight excluding hydrogens is 240 g/mol. The average Bonchev–Trinajstić information content (AvgIpc) is 2.64. The van der Waals surface area contributed by atoms with Crippen LogP contribution in [-0.4, -0.2) is 22.6 Å². The molecule has 2 atom stereocenters. The smallest absolute Gasteiger partial charge is 0.411 e. The molecule has 0 spiro atoms. The summed E-state index contributed by atoms with van der Waals surface area (Å²) >= 11 is 0. The van der Waals surface area contributed by atoms with E-state index in [0.29, 0.717) is 5.56 Å². The summed E-state index contributed by atoms with van der Waals surface area (Å²) in [6.07, 6.45) is -0.618. The highest BCUT2D eigenvalue weighted by atomic mass is 16.6. The van der Waals surface area contributed by atoms with Crippen LogP contribution >= 0.6 is 0 Å². The number of cyclic esters (lactones) is 1. The molecule has 4 heteroatoms. The number of amides is 1. The molecule has 1 aromatic rings. The van der Waals surface area contributed by atoms with Crippen LogP contribution in [0.25, 0.3) is 0 Å². The molecule has 1 heterocycles. The minimum atomic E-state index is -0.319. The van der Waals surface area contributed by atoms with Gasteiger partial charge in [-0.3, -0.25) is 4.90 Å². The molecule has 19 heavy (non-hydrogen) atoms. The second kappa shape index (κ2) is 4.58. The van der Waals surface area contributed by atoms with Crippen molar-refractivity contribution < 1.29 is 9.53 Å². The number of carbonyl (C=O) groups excluding carboxylic acids is 1. The summed E-state index contributed by atoms with van der Waals surface area (Å²) in [6, 6.07) is 9.27. The van der Waals surface area contributed by atoms with Crippen molar-refractivity contribution in [1.29, 1.82) is 5.26 Å². The number of ether oxygens (including phenoxy) is 1. The van der Waals surface area contributed by atoms with Crippen molar-refractivity contribution in [3.05, 3.63) is 35.4 Å². The molecular formula is C15H18N2O2. The molecule has 0 bridgehead atoms. The number of hydrogen-bond acceptors (Lipinski definition) is 3. The topological polar surface area (TPSA) is 53.3 Å². The molecule has 2 rings (SSSR count). The van der Waals surface area contributed by atoms with Crippen LogP contribution in [0.4, 0.5) is 4.79 Å². The molecule has 4 nitrogen and oxygen atoms in total. The van der Waals surface area contributed by atoms with Crippen molar-refractivity contribution in [2.24, 2.45) is 0 Å². The lowest BCUT2D eigenvalue weighted by atomic mass is 9.98. The second-order valence-electron chi connectivity index (χ2n) is 5.82. The van der Waals surface area contributed by atoms with E-state index in [1.807, 2.05) is 39.8 Å². The lowest BCUT2D eigenvalue weighted by Crippen LogP contribution is -2.46. The quantitative estimate of drug-likeness (QED) is 0.777. The van der Waals surface area contributed by atoms with E-state index in [1.165, 1.54) is 0 Å².